The van der Waals surface area contributed by atoms with Crippen LogP contribution in [-0.4, -0.2) is 14.5 Å². The Balaban J connectivity index is 1.32. The Morgan fingerprint density at radius 1 is 0.349 bits per heavy atom. The first-order chi connectivity index (χ1) is 31.2. The molecule has 0 radical (unpaired) electrons. The van der Waals surface area contributed by atoms with Gasteiger partial charge in [0.25, 0.3) is 0 Å². The fourth-order valence-corrected chi connectivity index (χ4v) is 8.93. The van der Waals surface area contributed by atoms with E-state index in [9.17, 15) is 5.26 Å². The summed E-state index contributed by atoms with van der Waals surface area (Å²) in [5.74, 6) is 0.523. The lowest BCUT2D eigenvalue weighted by Crippen LogP contribution is -2.07. The minimum atomic E-state index is 0.428. The number of hydrogen-bond acceptors (Lipinski definition) is 3. The second-order valence-corrected chi connectivity index (χ2v) is 15.6. The third kappa shape index (κ3) is 6.75. The molecule has 0 saturated heterocycles. The number of rotatable bonds is 8. The van der Waals surface area contributed by atoms with Crippen molar-refractivity contribution < 1.29 is 0 Å². The number of nitriles is 1. The average molecular weight is 803 g/mol. The second kappa shape index (κ2) is 16.1. The van der Waals surface area contributed by atoms with E-state index in [4.69, 9.17) is 9.97 Å². The van der Waals surface area contributed by atoms with Crippen molar-refractivity contribution in [1.29, 1.82) is 5.26 Å². The summed E-state index contributed by atoms with van der Waals surface area (Å²) in [5, 5.41) is 13.2. The van der Waals surface area contributed by atoms with Gasteiger partial charge < -0.3 is 4.57 Å². The summed E-state index contributed by atoms with van der Waals surface area (Å²) in [6, 6.07) is 82.8. The highest BCUT2D eigenvalue weighted by Gasteiger charge is 2.27. The Morgan fingerprint density at radius 2 is 0.714 bits per heavy atom. The zero-order valence-corrected chi connectivity index (χ0v) is 34.2. The summed E-state index contributed by atoms with van der Waals surface area (Å²) in [6.07, 6.45) is 0. The van der Waals surface area contributed by atoms with Gasteiger partial charge in [-0.2, -0.15) is 5.26 Å². The smallest absolute Gasteiger partial charge is 0.163 e. The highest BCUT2D eigenvalue weighted by atomic mass is 15.0. The molecule has 11 rings (SSSR count). The summed E-state index contributed by atoms with van der Waals surface area (Å²) < 4.78 is 2.42. The molecule has 0 aliphatic heterocycles. The van der Waals surface area contributed by atoms with E-state index in [2.05, 4.69) is 174 Å². The van der Waals surface area contributed by atoms with Gasteiger partial charge in [-0.3, -0.25) is 0 Å². The van der Waals surface area contributed by atoms with Crippen molar-refractivity contribution in [1.82, 2.24) is 14.5 Å². The molecule has 0 fully saturated rings. The predicted octanol–water partition coefficient (Wildman–Crippen LogP) is 15.1. The maximum absolute atomic E-state index is 10.9. The quantitative estimate of drug-likeness (QED) is 0.154. The SMILES string of the molecule is N#Cc1c(-c2ccccc2)nc(-c2c(-c3ccccc3)ccc(-c3ccccc3)c2-n2c3ccc(-c4ccccc4)cc3c3cc(-c4ccccc4)ccc32)nc1-c1ccccc1. The van der Waals surface area contributed by atoms with E-state index in [1.165, 1.54) is 0 Å². The van der Waals surface area contributed by atoms with Gasteiger partial charge in [0, 0.05) is 27.5 Å². The van der Waals surface area contributed by atoms with Crippen LogP contribution in [-0.2, 0) is 0 Å². The van der Waals surface area contributed by atoms with Crippen molar-refractivity contribution in [3.8, 4) is 90.2 Å². The van der Waals surface area contributed by atoms with Crippen LogP contribution < -0.4 is 0 Å². The lowest BCUT2D eigenvalue weighted by Gasteiger charge is -2.23. The highest BCUT2D eigenvalue weighted by molar-refractivity contribution is 6.13. The first kappa shape index (κ1) is 37.4. The van der Waals surface area contributed by atoms with Crippen molar-refractivity contribution in [2.45, 2.75) is 0 Å². The molecule has 2 heterocycles. The molecule has 2 aromatic heterocycles. The van der Waals surface area contributed by atoms with E-state index in [0.717, 1.165) is 88.7 Å². The Labute approximate surface area is 366 Å². The lowest BCUT2D eigenvalue weighted by molar-refractivity contribution is 1.13. The van der Waals surface area contributed by atoms with Gasteiger partial charge in [-0.05, 0) is 63.2 Å². The normalized spacial score (nSPS) is 11.2. The van der Waals surface area contributed by atoms with Gasteiger partial charge in [0.1, 0.15) is 11.6 Å². The molecule has 0 aliphatic carbocycles. The molecule has 0 aliphatic rings. The van der Waals surface area contributed by atoms with Crippen LogP contribution in [0.5, 0.6) is 0 Å². The molecule has 11 aromatic rings. The van der Waals surface area contributed by atoms with E-state index < -0.39 is 0 Å². The number of nitrogens with zero attached hydrogens (tertiary/aromatic N) is 4. The van der Waals surface area contributed by atoms with E-state index in [-0.39, 0.29) is 0 Å². The third-order valence-corrected chi connectivity index (χ3v) is 11.9. The lowest BCUT2D eigenvalue weighted by atomic mass is 9.91. The summed E-state index contributed by atoms with van der Waals surface area (Å²) >= 11 is 0. The fourth-order valence-electron chi connectivity index (χ4n) is 8.93. The third-order valence-electron chi connectivity index (χ3n) is 11.9. The van der Waals surface area contributed by atoms with Gasteiger partial charge in [-0.15, -0.1) is 0 Å². The highest BCUT2D eigenvalue weighted by Crippen LogP contribution is 2.47. The van der Waals surface area contributed by atoms with Crippen LogP contribution in [0.25, 0.3) is 106 Å². The molecule has 4 nitrogen and oxygen atoms in total. The second-order valence-electron chi connectivity index (χ2n) is 15.6. The van der Waals surface area contributed by atoms with Gasteiger partial charge in [-0.25, -0.2) is 9.97 Å². The van der Waals surface area contributed by atoms with Crippen LogP contribution in [0.1, 0.15) is 5.56 Å². The van der Waals surface area contributed by atoms with Crippen molar-refractivity contribution in [2.75, 3.05) is 0 Å². The number of fused-ring (bicyclic) bond motifs is 3. The monoisotopic (exact) mass is 802 g/mol. The molecule has 0 N–H and O–H groups in total. The molecule has 9 aromatic carbocycles. The van der Waals surface area contributed by atoms with E-state index in [0.29, 0.717) is 22.8 Å². The molecular weight excluding hydrogens is 765 g/mol. The summed E-state index contributed by atoms with van der Waals surface area (Å²) in [7, 11) is 0. The van der Waals surface area contributed by atoms with Crippen LogP contribution in [0.3, 0.4) is 0 Å². The minimum absolute atomic E-state index is 0.428. The van der Waals surface area contributed by atoms with Crippen molar-refractivity contribution in [3.05, 3.63) is 236 Å². The minimum Gasteiger partial charge on any atom is -0.308 e. The van der Waals surface area contributed by atoms with Gasteiger partial charge >= 0.3 is 0 Å². The first-order valence-electron chi connectivity index (χ1n) is 21.1. The summed E-state index contributed by atoms with van der Waals surface area (Å²) in [5.41, 5.74) is 15.9. The van der Waals surface area contributed by atoms with Crippen LogP contribution in [0.15, 0.2) is 231 Å². The zero-order valence-electron chi connectivity index (χ0n) is 34.2. The van der Waals surface area contributed by atoms with Crippen LogP contribution in [0.4, 0.5) is 0 Å². The van der Waals surface area contributed by atoms with Crippen LogP contribution in [0.2, 0.25) is 0 Å². The van der Waals surface area contributed by atoms with Gasteiger partial charge in [-0.1, -0.05) is 206 Å². The molecule has 294 valence electrons. The largest absolute Gasteiger partial charge is 0.308 e. The topological polar surface area (TPSA) is 54.5 Å². The number of benzene rings is 9. The van der Waals surface area contributed by atoms with E-state index in [1.54, 1.807) is 0 Å². The Kier molecular flexibility index (Phi) is 9.54. The van der Waals surface area contributed by atoms with Crippen molar-refractivity contribution in [3.63, 3.8) is 0 Å². The van der Waals surface area contributed by atoms with Crippen LogP contribution >= 0.6 is 0 Å². The molecule has 0 amide bonds. The maximum Gasteiger partial charge on any atom is 0.163 e. The van der Waals surface area contributed by atoms with E-state index in [1.807, 2.05) is 66.7 Å². The molecular formula is C59H38N4. The average Bonchev–Trinajstić information content (AvgIpc) is 3.69. The molecule has 0 atom stereocenters. The van der Waals surface area contributed by atoms with Crippen LogP contribution in [0, 0.1) is 11.3 Å². The molecule has 4 heteroatoms. The molecule has 0 saturated carbocycles. The Morgan fingerprint density at radius 3 is 1.13 bits per heavy atom. The van der Waals surface area contributed by atoms with Crippen molar-refractivity contribution >= 4 is 21.8 Å². The van der Waals surface area contributed by atoms with E-state index >= 15 is 0 Å². The standard InChI is InChI=1S/C59H38N4/c60-39-52-56(44-27-15-5-16-28-44)61-59(62-57(52)45-29-17-6-18-30-45)55-48(42-23-11-3-12-24-42)33-34-49(43-25-13-4-14-26-43)58(55)63-53-35-31-46(40-19-7-1-8-20-40)37-50(53)51-38-47(32-36-54(51)63)41-21-9-2-10-22-41/h1-38H. The fraction of sp³-hybridized carbons (Fsp3) is 0. The molecule has 0 bridgehead atoms. The Bertz CT molecular complexity index is 3310. The Hall–Kier alpha value is -8.65. The van der Waals surface area contributed by atoms with Gasteiger partial charge in [0.2, 0.25) is 0 Å². The molecule has 0 spiro atoms. The first-order valence-corrected chi connectivity index (χ1v) is 21.1. The number of hydrogen-bond donors (Lipinski definition) is 0. The molecule has 63 heavy (non-hydrogen) atoms. The summed E-state index contributed by atoms with van der Waals surface area (Å²) in [6.45, 7) is 0. The summed E-state index contributed by atoms with van der Waals surface area (Å²) in [4.78, 5) is 11.0. The predicted molar refractivity (Wildman–Crippen MR) is 259 cm³/mol. The van der Waals surface area contributed by atoms with Gasteiger partial charge in [0.15, 0.2) is 5.82 Å². The maximum atomic E-state index is 10.9. The number of aromatic nitrogens is 3. The molecule has 0 unspecified atom stereocenters. The van der Waals surface area contributed by atoms with Gasteiger partial charge in [0.05, 0.1) is 33.7 Å². The zero-order chi connectivity index (χ0) is 42.1. The van der Waals surface area contributed by atoms with Crippen molar-refractivity contribution in [2.24, 2.45) is 0 Å².